The summed E-state index contributed by atoms with van der Waals surface area (Å²) in [6.45, 7) is 8.08. The molecule has 5 nitrogen and oxygen atoms in total. The largest absolute Gasteiger partial charge is 0.481 e. The molecule has 1 heterocycles. The minimum atomic E-state index is -0.706. The fourth-order valence-corrected chi connectivity index (χ4v) is 2.41. The molecule has 5 heteroatoms. The first-order chi connectivity index (χ1) is 8.22. The van der Waals surface area contributed by atoms with Crippen LogP contribution in [0.2, 0.25) is 0 Å². The monoisotopic (exact) mass is 257 g/mol. The molecule has 106 valence electrons. The molecule has 0 amide bonds. The maximum absolute atomic E-state index is 11.0. The fraction of sp³-hybridized carbons (Fsp3) is 0.923. The van der Waals surface area contributed by atoms with Crippen molar-refractivity contribution >= 4 is 5.97 Å². The molecular weight excluding hydrogens is 230 g/mol. The molecule has 1 aliphatic rings. The van der Waals surface area contributed by atoms with E-state index in [0.717, 1.165) is 26.2 Å². The lowest BCUT2D eigenvalue weighted by Crippen LogP contribution is -2.63. The van der Waals surface area contributed by atoms with Crippen LogP contribution in [-0.2, 0) is 4.79 Å². The van der Waals surface area contributed by atoms with Crippen LogP contribution in [0.1, 0.15) is 20.3 Å². The number of hydrogen-bond donors (Lipinski definition) is 1. The van der Waals surface area contributed by atoms with Crippen LogP contribution in [-0.4, -0.2) is 84.7 Å². The molecule has 0 aromatic carbocycles. The molecule has 0 aromatic heterocycles. The Morgan fingerprint density at radius 2 is 2.06 bits per heavy atom. The van der Waals surface area contributed by atoms with E-state index in [9.17, 15) is 4.79 Å². The summed E-state index contributed by atoms with van der Waals surface area (Å²) in [6, 6.07) is 0.125. The van der Waals surface area contributed by atoms with Crippen LogP contribution in [0.15, 0.2) is 0 Å². The number of nitrogens with zero attached hydrogens (tertiary/aromatic N) is 3. The maximum Gasteiger partial charge on any atom is 0.304 e. The van der Waals surface area contributed by atoms with Crippen LogP contribution in [0.4, 0.5) is 0 Å². The van der Waals surface area contributed by atoms with Crippen molar-refractivity contribution in [1.29, 1.82) is 0 Å². The predicted octanol–water partition coefficient (Wildman–Crippen LogP) is 0.417. The van der Waals surface area contributed by atoms with Gasteiger partial charge in [0.25, 0.3) is 0 Å². The second kappa shape index (κ2) is 5.99. The van der Waals surface area contributed by atoms with Crippen LogP contribution in [0.3, 0.4) is 0 Å². The number of aliphatic carboxylic acids is 1. The van der Waals surface area contributed by atoms with Gasteiger partial charge in [0.2, 0.25) is 0 Å². The third-order valence-electron chi connectivity index (χ3n) is 3.87. The van der Waals surface area contributed by atoms with E-state index in [-0.39, 0.29) is 18.0 Å². The first-order valence-corrected chi connectivity index (χ1v) is 6.54. The zero-order valence-electron chi connectivity index (χ0n) is 12.3. The molecule has 0 saturated carbocycles. The summed E-state index contributed by atoms with van der Waals surface area (Å²) in [7, 11) is 6.18. The average Bonchev–Trinajstić information content (AvgIpc) is 2.20. The lowest BCUT2D eigenvalue weighted by Gasteiger charge is -2.49. The van der Waals surface area contributed by atoms with Crippen molar-refractivity contribution in [3.63, 3.8) is 0 Å². The van der Waals surface area contributed by atoms with E-state index in [2.05, 4.69) is 35.6 Å². The second-order valence-corrected chi connectivity index (χ2v) is 6.22. The average molecular weight is 257 g/mol. The van der Waals surface area contributed by atoms with Gasteiger partial charge in [0.15, 0.2) is 0 Å². The molecule has 1 N–H and O–H groups in total. The van der Waals surface area contributed by atoms with Gasteiger partial charge in [-0.15, -0.1) is 0 Å². The molecule has 1 unspecified atom stereocenters. The Bertz CT molecular complexity index is 292. The summed E-state index contributed by atoms with van der Waals surface area (Å²) in [5, 5.41) is 9.02. The van der Waals surface area contributed by atoms with Crippen LogP contribution in [0, 0.1) is 0 Å². The van der Waals surface area contributed by atoms with E-state index in [1.54, 1.807) is 0 Å². The van der Waals surface area contributed by atoms with Crippen molar-refractivity contribution in [3.8, 4) is 0 Å². The van der Waals surface area contributed by atoms with Gasteiger partial charge in [0.1, 0.15) is 0 Å². The van der Waals surface area contributed by atoms with E-state index < -0.39 is 5.97 Å². The van der Waals surface area contributed by atoms with E-state index >= 15 is 0 Å². The van der Waals surface area contributed by atoms with Gasteiger partial charge >= 0.3 is 5.97 Å². The Labute approximate surface area is 110 Å². The molecule has 0 bridgehead atoms. The van der Waals surface area contributed by atoms with Gasteiger partial charge in [-0.1, -0.05) is 0 Å². The zero-order valence-corrected chi connectivity index (χ0v) is 12.3. The summed E-state index contributed by atoms with van der Waals surface area (Å²) >= 11 is 0. The minimum absolute atomic E-state index is 0.112. The van der Waals surface area contributed by atoms with E-state index in [4.69, 9.17) is 5.11 Å². The predicted molar refractivity (Wildman–Crippen MR) is 72.9 cm³/mol. The van der Waals surface area contributed by atoms with E-state index in [0.29, 0.717) is 0 Å². The summed E-state index contributed by atoms with van der Waals surface area (Å²) < 4.78 is 0. The van der Waals surface area contributed by atoms with Crippen LogP contribution in [0.25, 0.3) is 0 Å². The molecule has 0 spiro atoms. The van der Waals surface area contributed by atoms with Crippen LogP contribution < -0.4 is 0 Å². The van der Waals surface area contributed by atoms with E-state index in [1.807, 2.05) is 14.1 Å². The normalized spacial score (nSPS) is 25.6. The molecule has 1 rings (SSSR count). The Hall–Kier alpha value is -0.650. The van der Waals surface area contributed by atoms with Crippen molar-refractivity contribution in [3.05, 3.63) is 0 Å². The van der Waals surface area contributed by atoms with Gasteiger partial charge in [-0.2, -0.15) is 0 Å². The lowest BCUT2D eigenvalue weighted by atomic mass is 9.95. The van der Waals surface area contributed by atoms with Crippen molar-refractivity contribution in [2.24, 2.45) is 0 Å². The van der Waals surface area contributed by atoms with Crippen LogP contribution >= 0.6 is 0 Å². The molecule has 1 fully saturated rings. The Balaban J connectivity index is 2.69. The molecule has 1 saturated heterocycles. The van der Waals surface area contributed by atoms with E-state index in [1.165, 1.54) is 0 Å². The van der Waals surface area contributed by atoms with Gasteiger partial charge in [-0.3, -0.25) is 14.6 Å². The van der Waals surface area contributed by atoms with Crippen molar-refractivity contribution in [2.75, 3.05) is 47.3 Å². The highest BCUT2D eigenvalue weighted by Gasteiger charge is 2.37. The first kappa shape index (κ1) is 15.4. The molecule has 0 aliphatic carbocycles. The Morgan fingerprint density at radius 1 is 1.44 bits per heavy atom. The van der Waals surface area contributed by atoms with Crippen molar-refractivity contribution in [1.82, 2.24) is 14.7 Å². The van der Waals surface area contributed by atoms with Gasteiger partial charge in [-0.25, -0.2) is 0 Å². The summed E-state index contributed by atoms with van der Waals surface area (Å²) in [4.78, 5) is 17.7. The van der Waals surface area contributed by atoms with Gasteiger partial charge < -0.3 is 10.0 Å². The highest BCUT2D eigenvalue weighted by atomic mass is 16.4. The number of carbonyl (C=O) groups is 1. The smallest absolute Gasteiger partial charge is 0.304 e. The van der Waals surface area contributed by atoms with Crippen molar-refractivity contribution in [2.45, 2.75) is 31.8 Å². The summed E-state index contributed by atoms with van der Waals surface area (Å²) in [5.41, 5.74) is 0.112. The summed E-state index contributed by atoms with van der Waals surface area (Å²) in [5.74, 6) is -0.706. The number of likely N-dealkylation sites (N-methyl/N-ethyl adjacent to an activating group) is 2. The van der Waals surface area contributed by atoms with Gasteiger partial charge in [0.05, 0.1) is 6.42 Å². The standard InChI is InChI=1S/C13H27N3O2/c1-13(2)10-16(7-6-14(3)4)11(8-12(17)18)9-15(13)5/h11H,6-10H2,1-5H3,(H,17,18). The lowest BCUT2D eigenvalue weighted by molar-refractivity contribution is -0.139. The Kier molecular flexibility index (Phi) is 5.13. The summed E-state index contributed by atoms with van der Waals surface area (Å²) in [6.07, 6.45) is 0.230. The Morgan fingerprint density at radius 3 is 2.56 bits per heavy atom. The van der Waals surface area contributed by atoms with Crippen LogP contribution in [0.5, 0.6) is 0 Å². The van der Waals surface area contributed by atoms with Crippen molar-refractivity contribution < 1.29 is 9.90 Å². The third kappa shape index (κ3) is 4.23. The second-order valence-electron chi connectivity index (χ2n) is 6.22. The highest BCUT2D eigenvalue weighted by molar-refractivity contribution is 5.67. The number of piperazine rings is 1. The number of carboxylic acid groups (broad SMARTS) is 1. The highest BCUT2D eigenvalue weighted by Crippen LogP contribution is 2.24. The zero-order chi connectivity index (χ0) is 13.9. The molecule has 1 atom stereocenters. The maximum atomic E-state index is 11.0. The third-order valence-corrected chi connectivity index (χ3v) is 3.87. The molecular formula is C13H27N3O2. The molecule has 18 heavy (non-hydrogen) atoms. The number of rotatable bonds is 5. The number of carboxylic acids is 1. The SMILES string of the molecule is CN(C)CCN1CC(C)(C)N(C)CC1CC(=O)O. The quantitative estimate of drug-likeness (QED) is 0.773. The topological polar surface area (TPSA) is 47.0 Å². The molecule has 0 aromatic rings. The molecule has 0 radical (unpaired) electrons. The minimum Gasteiger partial charge on any atom is -0.481 e. The number of hydrogen-bond acceptors (Lipinski definition) is 4. The molecule has 1 aliphatic heterocycles. The fourth-order valence-electron chi connectivity index (χ4n) is 2.41. The van der Waals surface area contributed by atoms with Gasteiger partial charge in [-0.05, 0) is 35.0 Å². The first-order valence-electron chi connectivity index (χ1n) is 6.54. The van der Waals surface area contributed by atoms with Gasteiger partial charge in [0, 0.05) is 37.8 Å².